The molecular formula is C23H32F2N2O5S. The molecule has 2 unspecified atom stereocenters. The highest BCUT2D eigenvalue weighted by Gasteiger charge is 2.37. The molecule has 2 aliphatic heterocycles. The molecule has 3 fully saturated rings. The Kier molecular flexibility index (Phi) is 7.99. The Morgan fingerprint density at radius 3 is 2.64 bits per heavy atom. The lowest BCUT2D eigenvalue weighted by Gasteiger charge is -2.40. The fourth-order valence-electron chi connectivity index (χ4n) is 5.31. The van der Waals surface area contributed by atoms with E-state index in [4.69, 9.17) is 9.47 Å². The Labute approximate surface area is 194 Å². The molecule has 3 atom stereocenters. The van der Waals surface area contributed by atoms with Crippen LogP contribution in [0.15, 0.2) is 24.3 Å². The van der Waals surface area contributed by atoms with Gasteiger partial charge in [0.2, 0.25) is 5.91 Å². The summed E-state index contributed by atoms with van der Waals surface area (Å²) >= 11 is 0. The van der Waals surface area contributed by atoms with Crippen LogP contribution in [0.5, 0.6) is 0 Å². The molecule has 1 aromatic carbocycles. The number of ether oxygens (including phenoxy) is 2. The zero-order chi connectivity index (χ0) is 23.4. The van der Waals surface area contributed by atoms with Crippen LogP contribution in [0, 0.1) is 17.7 Å². The first-order valence-corrected chi connectivity index (χ1v) is 13.1. The molecule has 1 saturated carbocycles. The van der Waals surface area contributed by atoms with Gasteiger partial charge in [-0.25, -0.2) is 4.39 Å². The van der Waals surface area contributed by atoms with Crippen LogP contribution in [-0.2, 0) is 24.7 Å². The molecule has 2 saturated heterocycles. The van der Waals surface area contributed by atoms with E-state index in [-0.39, 0.29) is 36.3 Å². The van der Waals surface area contributed by atoms with Crippen LogP contribution in [0.1, 0.15) is 50.0 Å². The Morgan fingerprint density at radius 2 is 1.97 bits per heavy atom. The maximum absolute atomic E-state index is 13.5. The number of nitrogens with zero attached hydrogens (tertiary/aromatic N) is 1. The molecule has 3 aliphatic rings. The van der Waals surface area contributed by atoms with Crippen LogP contribution < -0.4 is 4.72 Å². The van der Waals surface area contributed by atoms with Gasteiger partial charge in [0.05, 0.1) is 25.2 Å². The minimum Gasteiger partial charge on any atom is -0.381 e. The quantitative estimate of drug-likeness (QED) is 0.599. The maximum Gasteiger partial charge on any atom is 0.372 e. The summed E-state index contributed by atoms with van der Waals surface area (Å²) in [5, 5.41) is 0. The third-order valence-electron chi connectivity index (χ3n) is 7.16. The van der Waals surface area contributed by atoms with E-state index in [1.54, 1.807) is 17.0 Å². The number of nitrogens with one attached hydrogen (secondary N) is 1. The van der Waals surface area contributed by atoms with Crippen molar-refractivity contribution in [2.24, 2.45) is 11.8 Å². The minimum absolute atomic E-state index is 0.00625. The van der Waals surface area contributed by atoms with Crippen molar-refractivity contribution in [1.29, 1.82) is 0 Å². The number of piperidine rings is 1. The topological polar surface area (TPSA) is 84.9 Å². The molecule has 1 aliphatic carbocycles. The monoisotopic (exact) mass is 486 g/mol. The van der Waals surface area contributed by atoms with Crippen LogP contribution in [0.4, 0.5) is 8.28 Å². The summed E-state index contributed by atoms with van der Waals surface area (Å²) in [4.78, 5) is 14.5. The van der Waals surface area contributed by atoms with Crippen molar-refractivity contribution in [3.05, 3.63) is 35.6 Å². The number of amides is 1. The molecule has 0 bridgehead atoms. The van der Waals surface area contributed by atoms with Crippen molar-refractivity contribution in [2.75, 3.05) is 32.9 Å². The van der Waals surface area contributed by atoms with Crippen LogP contribution in [0.3, 0.4) is 0 Å². The van der Waals surface area contributed by atoms with Gasteiger partial charge in [-0.1, -0.05) is 16.0 Å². The molecule has 33 heavy (non-hydrogen) atoms. The zero-order valence-corrected chi connectivity index (χ0v) is 19.4. The predicted octanol–water partition coefficient (Wildman–Crippen LogP) is 2.93. The van der Waals surface area contributed by atoms with Gasteiger partial charge >= 0.3 is 10.4 Å². The van der Waals surface area contributed by atoms with Gasteiger partial charge in [-0.2, -0.15) is 13.1 Å². The molecular weight excluding hydrogens is 454 g/mol. The van der Waals surface area contributed by atoms with Gasteiger partial charge in [-0.05, 0) is 62.1 Å². The van der Waals surface area contributed by atoms with E-state index in [2.05, 4.69) is 4.72 Å². The second-order valence-electron chi connectivity index (χ2n) is 9.42. The first-order chi connectivity index (χ1) is 15.8. The predicted molar refractivity (Wildman–Crippen MR) is 118 cm³/mol. The third-order valence-corrected chi connectivity index (χ3v) is 7.74. The Balaban J connectivity index is 1.32. The second kappa shape index (κ2) is 10.8. The van der Waals surface area contributed by atoms with E-state index < -0.39 is 16.5 Å². The van der Waals surface area contributed by atoms with E-state index >= 15 is 0 Å². The second-order valence-corrected chi connectivity index (χ2v) is 10.5. The van der Waals surface area contributed by atoms with Gasteiger partial charge < -0.3 is 14.4 Å². The van der Waals surface area contributed by atoms with Gasteiger partial charge in [0.15, 0.2) is 0 Å². The van der Waals surface area contributed by atoms with Gasteiger partial charge in [-0.15, -0.1) is 0 Å². The molecule has 1 N–H and O–H groups in total. The van der Waals surface area contributed by atoms with Crippen molar-refractivity contribution in [3.63, 3.8) is 0 Å². The highest BCUT2D eigenvalue weighted by Crippen LogP contribution is 2.35. The molecule has 0 spiro atoms. The number of likely N-dealkylation sites (tertiary alicyclic amines) is 1. The summed E-state index contributed by atoms with van der Waals surface area (Å²) in [5.74, 6) is -0.430. The smallest absolute Gasteiger partial charge is 0.372 e. The van der Waals surface area contributed by atoms with Crippen LogP contribution in [0.2, 0.25) is 0 Å². The van der Waals surface area contributed by atoms with Crippen LogP contribution >= 0.6 is 0 Å². The standard InChI is InChI=1S/C23H32F2N2O5S/c24-20-3-1-2-17(12-20)16-4-6-21(7-5-16)32-15-19-13-27(23(28)18-9-11-31-14-18)10-8-22(19)26-33(25,29)30/h1-3,12,16,18-19,21-22,26H,4-11,13-15H2/t16?,18-,19?,21?,22?/m1/s1. The SMILES string of the molecule is O=C([C@@H]1CCOC1)N1CCC(NS(=O)(=O)F)C(COC2CCC(c3cccc(F)c3)CC2)C1. The van der Waals surface area contributed by atoms with E-state index in [0.717, 1.165) is 31.2 Å². The van der Waals surface area contributed by atoms with Gasteiger partial charge in [0.1, 0.15) is 5.82 Å². The lowest BCUT2D eigenvalue weighted by atomic mass is 9.82. The summed E-state index contributed by atoms with van der Waals surface area (Å²) in [6, 6.07) is 6.09. The molecule has 7 nitrogen and oxygen atoms in total. The van der Waals surface area contributed by atoms with Gasteiger partial charge in [-0.3, -0.25) is 4.79 Å². The van der Waals surface area contributed by atoms with E-state index in [1.807, 2.05) is 6.07 Å². The first-order valence-electron chi connectivity index (χ1n) is 11.7. The minimum atomic E-state index is -4.85. The molecule has 2 heterocycles. The van der Waals surface area contributed by atoms with Crippen molar-refractivity contribution in [1.82, 2.24) is 9.62 Å². The molecule has 1 amide bonds. The lowest BCUT2D eigenvalue weighted by Crippen LogP contribution is -2.54. The average molecular weight is 487 g/mol. The van der Waals surface area contributed by atoms with Gasteiger partial charge in [0.25, 0.3) is 0 Å². The molecule has 10 heteroatoms. The Morgan fingerprint density at radius 1 is 1.18 bits per heavy atom. The maximum atomic E-state index is 13.5. The summed E-state index contributed by atoms with van der Waals surface area (Å²) in [7, 11) is -4.85. The number of benzene rings is 1. The van der Waals surface area contributed by atoms with E-state index in [1.165, 1.54) is 6.07 Å². The molecule has 4 rings (SSSR count). The molecule has 0 radical (unpaired) electrons. The largest absolute Gasteiger partial charge is 0.381 e. The van der Waals surface area contributed by atoms with Crippen molar-refractivity contribution >= 4 is 16.3 Å². The molecule has 0 aromatic heterocycles. The molecule has 1 aromatic rings. The van der Waals surface area contributed by atoms with Crippen LogP contribution in [0.25, 0.3) is 0 Å². The number of halogens is 2. The number of carbonyl (C=O) groups is 1. The highest BCUT2D eigenvalue weighted by molar-refractivity contribution is 7.84. The summed E-state index contributed by atoms with van der Waals surface area (Å²) in [6.45, 7) is 1.91. The number of carbonyl (C=O) groups excluding carboxylic acids is 1. The zero-order valence-electron chi connectivity index (χ0n) is 18.6. The fraction of sp³-hybridized carbons (Fsp3) is 0.696. The Hall–Kier alpha value is -1.62. The molecule has 184 valence electrons. The van der Waals surface area contributed by atoms with E-state index in [9.17, 15) is 21.5 Å². The first kappa shape index (κ1) is 24.5. The van der Waals surface area contributed by atoms with Crippen LogP contribution in [-0.4, -0.2) is 64.3 Å². The van der Waals surface area contributed by atoms with Crippen molar-refractivity contribution in [2.45, 2.75) is 56.6 Å². The average Bonchev–Trinajstić information content (AvgIpc) is 3.32. The number of hydrogen-bond acceptors (Lipinski definition) is 5. The van der Waals surface area contributed by atoms with Gasteiger partial charge in [0, 0.05) is 31.7 Å². The summed E-state index contributed by atoms with van der Waals surface area (Å²) in [6.07, 6.45) is 4.42. The normalized spacial score (nSPS) is 31.0. The van der Waals surface area contributed by atoms with Crippen molar-refractivity contribution < 1.29 is 31.0 Å². The summed E-state index contributed by atoms with van der Waals surface area (Å²) in [5.41, 5.74) is 1.00. The van der Waals surface area contributed by atoms with Crippen molar-refractivity contribution in [3.8, 4) is 0 Å². The summed E-state index contributed by atoms with van der Waals surface area (Å²) < 4.78 is 62.9. The van der Waals surface area contributed by atoms with E-state index in [0.29, 0.717) is 45.1 Å². The number of hydrogen-bond donors (Lipinski definition) is 1. The fourth-order valence-corrected chi connectivity index (χ4v) is 5.98. The Bertz CT molecular complexity index is 917. The third kappa shape index (κ3) is 6.71. The highest BCUT2D eigenvalue weighted by atomic mass is 32.3. The lowest BCUT2D eigenvalue weighted by molar-refractivity contribution is -0.138. The number of rotatable bonds is 7.